The third-order valence-electron chi connectivity index (χ3n) is 4.41. The Morgan fingerprint density at radius 3 is 2.67 bits per heavy atom. The van der Waals surface area contributed by atoms with Crippen LogP contribution >= 0.6 is 11.8 Å². The van der Waals surface area contributed by atoms with Crippen LogP contribution in [0.2, 0.25) is 0 Å². The maximum absolute atomic E-state index is 12.8. The molecule has 30 heavy (non-hydrogen) atoms. The number of rotatable bonds is 5. The molecule has 0 aromatic carbocycles. The van der Waals surface area contributed by atoms with Crippen molar-refractivity contribution in [1.82, 2.24) is 19.1 Å². The summed E-state index contributed by atoms with van der Waals surface area (Å²) in [4.78, 5) is 45.6. The van der Waals surface area contributed by atoms with Crippen molar-refractivity contribution >= 4 is 28.8 Å². The maximum Gasteiger partial charge on any atom is 0.373 e. The van der Waals surface area contributed by atoms with Gasteiger partial charge in [0, 0.05) is 14.1 Å². The van der Waals surface area contributed by atoms with E-state index < -0.39 is 17.2 Å². The highest BCUT2D eigenvalue weighted by Crippen LogP contribution is 2.29. The van der Waals surface area contributed by atoms with Crippen molar-refractivity contribution in [3.63, 3.8) is 0 Å². The van der Waals surface area contributed by atoms with Gasteiger partial charge in [0.1, 0.15) is 16.2 Å². The van der Waals surface area contributed by atoms with Crippen LogP contribution in [0.3, 0.4) is 0 Å². The number of thioether (sulfide) groups is 1. The molecular weight excluding hydrogens is 412 g/mol. The quantitative estimate of drug-likeness (QED) is 0.267. The summed E-state index contributed by atoms with van der Waals surface area (Å²) in [6.07, 6.45) is 1.48. The molecule has 11 heteroatoms. The van der Waals surface area contributed by atoms with Crippen molar-refractivity contribution in [2.24, 2.45) is 14.1 Å². The predicted octanol–water partition coefficient (Wildman–Crippen LogP) is 1.96. The van der Waals surface area contributed by atoms with E-state index in [1.54, 1.807) is 18.2 Å². The number of hydrogen-bond donors (Lipinski definition) is 0. The molecule has 4 rings (SSSR count). The first-order valence-corrected chi connectivity index (χ1v) is 9.70. The minimum Gasteiger partial charge on any atom is -0.463 e. The number of carbonyl (C=O) groups is 1. The molecule has 4 aromatic heterocycles. The van der Waals surface area contributed by atoms with Crippen LogP contribution < -0.4 is 11.2 Å². The zero-order valence-electron chi connectivity index (χ0n) is 16.2. The van der Waals surface area contributed by atoms with Crippen LogP contribution in [0, 0.1) is 0 Å². The van der Waals surface area contributed by atoms with E-state index in [-0.39, 0.29) is 28.4 Å². The molecule has 0 fully saturated rings. The molecule has 4 aromatic rings. The van der Waals surface area contributed by atoms with Gasteiger partial charge < -0.3 is 13.6 Å². The number of aryl methyl sites for hydroxylation is 1. The first-order chi connectivity index (χ1) is 14.4. The summed E-state index contributed by atoms with van der Waals surface area (Å²) in [6, 6.07) is 6.53. The zero-order valence-corrected chi connectivity index (χ0v) is 17.1. The van der Waals surface area contributed by atoms with Crippen LogP contribution in [0.5, 0.6) is 0 Å². The van der Waals surface area contributed by atoms with Gasteiger partial charge >= 0.3 is 11.7 Å². The van der Waals surface area contributed by atoms with Crippen molar-refractivity contribution in [3.05, 3.63) is 62.9 Å². The van der Waals surface area contributed by atoms with Gasteiger partial charge in [0.05, 0.1) is 19.1 Å². The van der Waals surface area contributed by atoms with E-state index in [4.69, 9.17) is 8.83 Å². The normalized spacial score (nSPS) is 11.2. The summed E-state index contributed by atoms with van der Waals surface area (Å²) >= 11 is 1.22. The molecule has 0 unspecified atom stereocenters. The number of hydrogen-bond acceptors (Lipinski definition) is 9. The predicted molar refractivity (Wildman–Crippen MR) is 107 cm³/mol. The first-order valence-electron chi connectivity index (χ1n) is 8.72. The molecule has 154 valence electrons. The average molecular weight is 428 g/mol. The Kier molecular flexibility index (Phi) is 5.04. The summed E-state index contributed by atoms with van der Waals surface area (Å²) in [5.41, 5.74) is -0.806. The molecule has 0 saturated carbocycles. The van der Waals surface area contributed by atoms with Crippen molar-refractivity contribution in [2.45, 2.75) is 10.8 Å². The van der Waals surface area contributed by atoms with Crippen molar-refractivity contribution < 1.29 is 18.4 Å². The number of aromatic nitrogens is 4. The number of furan rings is 2. The minimum atomic E-state index is -0.581. The van der Waals surface area contributed by atoms with E-state index in [0.717, 1.165) is 4.57 Å². The number of fused-ring (bicyclic) bond motifs is 1. The first kappa shape index (κ1) is 19.7. The topological polar surface area (TPSA) is 122 Å². The van der Waals surface area contributed by atoms with Crippen LogP contribution in [-0.4, -0.2) is 32.2 Å². The highest BCUT2D eigenvalue weighted by atomic mass is 32.2. The molecule has 10 nitrogen and oxygen atoms in total. The lowest BCUT2D eigenvalue weighted by atomic mass is 10.3. The summed E-state index contributed by atoms with van der Waals surface area (Å²) in [6.45, 7) is 0. The van der Waals surface area contributed by atoms with Gasteiger partial charge in [-0.25, -0.2) is 19.6 Å². The molecular formula is C19H16N4O6S. The zero-order chi connectivity index (χ0) is 21.4. The highest BCUT2D eigenvalue weighted by molar-refractivity contribution is 7.98. The van der Waals surface area contributed by atoms with Gasteiger partial charge in [0.2, 0.25) is 5.76 Å². The lowest BCUT2D eigenvalue weighted by molar-refractivity contribution is 0.0563. The molecule has 0 aliphatic carbocycles. The number of nitrogens with zero attached hydrogens (tertiary/aromatic N) is 4. The Bertz CT molecular complexity index is 1370. The maximum atomic E-state index is 12.8. The summed E-state index contributed by atoms with van der Waals surface area (Å²) in [7, 11) is 4.20. The molecule has 0 N–H and O–H groups in total. The molecule has 0 saturated heterocycles. The van der Waals surface area contributed by atoms with E-state index in [2.05, 4.69) is 14.7 Å². The molecule has 0 atom stereocenters. The molecule has 0 bridgehead atoms. The molecule has 4 heterocycles. The van der Waals surface area contributed by atoms with E-state index in [0.29, 0.717) is 16.5 Å². The van der Waals surface area contributed by atoms with E-state index in [1.807, 2.05) is 0 Å². The number of carbonyl (C=O) groups excluding carboxylic acids is 1. The minimum absolute atomic E-state index is 0.0789. The molecule has 0 aliphatic rings. The van der Waals surface area contributed by atoms with Gasteiger partial charge in [-0.15, -0.1) is 0 Å². The number of esters is 1. The number of methoxy groups -OCH3 is 1. The summed E-state index contributed by atoms with van der Waals surface area (Å²) in [5, 5.41) is 0.568. The van der Waals surface area contributed by atoms with E-state index in [1.165, 1.54) is 49.9 Å². The van der Waals surface area contributed by atoms with Crippen LogP contribution in [0.4, 0.5) is 0 Å². The fourth-order valence-corrected chi connectivity index (χ4v) is 3.76. The largest absolute Gasteiger partial charge is 0.463 e. The molecule has 0 spiro atoms. The second-order valence-electron chi connectivity index (χ2n) is 6.28. The Hall–Kier alpha value is -3.60. The number of ether oxygens (including phenoxy) is 1. The van der Waals surface area contributed by atoms with Gasteiger partial charge in [-0.1, -0.05) is 11.8 Å². The molecule has 0 amide bonds. The van der Waals surface area contributed by atoms with Crippen LogP contribution in [0.1, 0.15) is 16.3 Å². The SMILES string of the molecule is COC(=O)c1ccc(CSc2nc(-c3ccco3)nc3c2c(=O)n(C)c(=O)n3C)o1. The second kappa shape index (κ2) is 7.67. The Morgan fingerprint density at radius 2 is 1.97 bits per heavy atom. The molecule has 0 radical (unpaired) electrons. The van der Waals surface area contributed by atoms with Gasteiger partial charge in [-0.3, -0.25) is 13.9 Å². The van der Waals surface area contributed by atoms with Crippen molar-refractivity contribution in [2.75, 3.05) is 7.11 Å². The highest BCUT2D eigenvalue weighted by Gasteiger charge is 2.20. The smallest absolute Gasteiger partial charge is 0.373 e. The lowest BCUT2D eigenvalue weighted by Crippen LogP contribution is -2.37. The van der Waals surface area contributed by atoms with Crippen LogP contribution in [0.15, 0.2) is 54.0 Å². The Morgan fingerprint density at radius 1 is 1.17 bits per heavy atom. The van der Waals surface area contributed by atoms with Gasteiger partial charge in [-0.2, -0.15) is 0 Å². The van der Waals surface area contributed by atoms with Crippen molar-refractivity contribution in [3.8, 4) is 11.6 Å². The third kappa shape index (κ3) is 3.32. The van der Waals surface area contributed by atoms with Crippen LogP contribution in [0.25, 0.3) is 22.6 Å². The van der Waals surface area contributed by atoms with E-state index >= 15 is 0 Å². The second-order valence-corrected chi connectivity index (χ2v) is 7.24. The molecule has 0 aliphatic heterocycles. The summed E-state index contributed by atoms with van der Waals surface area (Å²) in [5.74, 6) is 0.921. The Labute approximate surface area is 173 Å². The van der Waals surface area contributed by atoms with Gasteiger partial charge in [0.15, 0.2) is 17.2 Å². The summed E-state index contributed by atoms with van der Waals surface area (Å²) < 4.78 is 17.8. The monoisotopic (exact) mass is 428 g/mol. The third-order valence-corrected chi connectivity index (χ3v) is 5.41. The van der Waals surface area contributed by atoms with Gasteiger partial charge in [-0.05, 0) is 24.3 Å². The fraction of sp³-hybridized carbons (Fsp3) is 0.211. The lowest BCUT2D eigenvalue weighted by Gasteiger charge is -2.10. The Balaban J connectivity index is 1.83. The van der Waals surface area contributed by atoms with Crippen LogP contribution in [-0.2, 0) is 24.6 Å². The standard InChI is InChI=1S/C19H16N4O6S/c1-22-15-13(17(24)23(2)19(22)26)16(21-14(20-15)11-5-4-8-28-11)30-9-10-6-7-12(29-10)18(25)27-3/h4-8H,9H2,1-3H3. The fourth-order valence-electron chi connectivity index (χ4n) is 2.85. The van der Waals surface area contributed by atoms with E-state index in [9.17, 15) is 14.4 Å². The average Bonchev–Trinajstić information content (AvgIpc) is 3.46. The van der Waals surface area contributed by atoms with Crippen molar-refractivity contribution in [1.29, 1.82) is 0 Å². The van der Waals surface area contributed by atoms with Gasteiger partial charge in [0.25, 0.3) is 5.56 Å².